The minimum Gasteiger partial charge on any atom is -0.445 e. The van der Waals surface area contributed by atoms with Crippen molar-refractivity contribution in [2.24, 2.45) is 5.92 Å². The molecule has 5 rings (SSSR count). The maximum absolute atomic E-state index is 13.1. The fourth-order valence-corrected chi connectivity index (χ4v) is 4.55. The molecule has 0 spiro atoms. The topological polar surface area (TPSA) is 67.6 Å². The second kappa shape index (κ2) is 7.72. The molecule has 0 radical (unpaired) electrons. The first-order valence-electron chi connectivity index (χ1n) is 10.00. The third-order valence-electron chi connectivity index (χ3n) is 5.98. The molecule has 6 heteroatoms. The average Bonchev–Trinajstić information content (AvgIpc) is 3.43. The Kier molecular flexibility index (Phi) is 4.77. The van der Waals surface area contributed by atoms with E-state index in [0.717, 1.165) is 17.7 Å². The van der Waals surface area contributed by atoms with Crippen molar-refractivity contribution in [2.75, 3.05) is 25.1 Å². The summed E-state index contributed by atoms with van der Waals surface area (Å²) in [4.78, 5) is 19.2. The summed E-state index contributed by atoms with van der Waals surface area (Å²) in [6.45, 7) is 2.12. The number of amides is 2. The molecule has 2 aromatic carbocycles. The molecule has 2 aliphatic heterocycles. The summed E-state index contributed by atoms with van der Waals surface area (Å²) in [7, 11) is 0. The first kappa shape index (κ1) is 17.9. The summed E-state index contributed by atoms with van der Waals surface area (Å²) >= 11 is 0. The molecule has 2 fully saturated rings. The predicted molar refractivity (Wildman–Crippen MR) is 110 cm³/mol. The highest BCUT2D eigenvalue weighted by molar-refractivity contribution is 5.90. The number of urea groups is 1. The zero-order valence-corrected chi connectivity index (χ0v) is 16.0. The molecule has 2 saturated heterocycles. The molecule has 148 valence electrons. The lowest BCUT2D eigenvalue weighted by atomic mass is 9.84. The van der Waals surface area contributed by atoms with Crippen molar-refractivity contribution < 1.29 is 13.9 Å². The number of hydrogen-bond acceptors (Lipinski definition) is 4. The van der Waals surface area contributed by atoms with Crippen LogP contribution in [0.2, 0.25) is 0 Å². The molecule has 1 N–H and O–H groups in total. The highest BCUT2D eigenvalue weighted by Gasteiger charge is 2.45. The Labute approximate surface area is 169 Å². The number of fused-ring (bicyclic) bond motifs is 1. The molecule has 0 bridgehead atoms. The maximum Gasteiger partial charge on any atom is 0.322 e. The summed E-state index contributed by atoms with van der Waals surface area (Å²) in [6.07, 6.45) is 4.04. The van der Waals surface area contributed by atoms with E-state index in [4.69, 9.17) is 9.15 Å². The Hall–Kier alpha value is -3.12. The van der Waals surface area contributed by atoms with Crippen LogP contribution in [0, 0.1) is 5.92 Å². The second-order valence-electron chi connectivity index (χ2n) is 7.61. The van der Waals surface area contributed by atoms with Crippen LogP contribution in [0.25, 0.3) is 11.5 Å². The second-order valence-corrected chi connectivity index (χ2v) is 7.61. The van der Waals surface area contributed by atoms with Crippen molar-refractivity contribution in [3.05, 3.63) is 72.6 Å². The summed E-state index contributed by atoms with van der Waals surface area (Å²) in [5, 5.41) is 3.06. The lowest BCUT2D eigenvalue weighted by Gasteiger charge is -2.32. The van der Waals surface area contributed by atoms with Crippen molar-refractivity contribution in [1.29, 1.82) is 0 Å². The summed E-state index contributed by atoms with van der Waals surface area (Å²) in [6, 6.07) is 18.2. The van der Waals surface area contributed by atoms with Crippen LogP contribution >= 0.6 is 0 Å². The van der Waals surface area contributed by atoms with Gasteiger partial charge in [-0.2, -0.15) is 0 Å². The van der Waals surface area contributed by atoms with Gasteiger partial charge in [0, 0.05) is 42.3 Å². The van der Waals surface area contributed by atoms with Gasteiger partial charge in [0.2, 0.25) is 5.89 Å². The van der Waals surface area contributed by atoms with Gasteiger partial charge in [-0.3, -0.25) is 0 Å². The number of aromatic nitrogens is 1. The van der Waals surface area contributed by atoms with E-state index in [0.29, 0.717) is 37.5 Å². The van der Waals surface area contributed by atoms with Gasteiger partial charge in [-0.25, -0.2) is 9.78 Å². The number of carbonyl (C=O) groups is 1. The maximum atomic E-state index is 13.1. The van der Waals surface area contributed by atoms with E-state index in [1.807, 2.05) is 35.2 Å². The van der Waals surface area contributed by atoms with Crippen LogP contribution in [-0.2, 0) is 4.74 Å². The lowest BCUT2D eigenvalue weighted by molar-refractivity contribution is 0.0272. The van der Waals surface area contributed by atoms with E-state index in [-0.39, 0.29) is 12.1 Å². The smallest absolute Gasteiger partial charge is 0.322 e. The number of oxazole rings is 1. The Morgan fingerprint density at radius 3 is 2.69 bits per heavy atom. The van der Waals surface area contributed by atoms with E-state index in [1.54, 1.807) is 12.5 Å². The number of hydrogen-bond donors (Lipinski definition) is 1. The Morgan fingerprint density at radius 2 is 1.93 bits per heavy atom. The van der Waals surface area contributed by atoms with Gasteiger partial charge < -0.3 is 19.4 Å². The van der Waals surface area contributed by atoms with Gasteiger partial charge in [-0.1, -0.05) is 30.3 Å². The third-order valence-corrected chi connectivity index (χ3v) is 5.98. The number of carbonyl (C=O) groups excluding carboxylic acids is 1. The standard InChI is InChI=1S/C23H23N3O3/c27-23(25-18-8-6-17(7-9-18)22-24-11-13-29-22)26-14-19(16-4-2-1-3-5-16)20-15-28-12-10-21(20)26/h1-9,11,13,19-21H,10,12,14-15H2,(H,25,27). The molecule has 3 aromatic rings. The molecule has 6 nitrogen and oxygen atoms in total. The highest BCUT2D eigenvalue weighted by atomic mass is 16.5. The molecule has 29 heavy (non-hydrogen) atoms. The van der Waals surface area contributed by atoms with Gasteiger partial charge in [0.25, 0.3) is 0 Å². The largest absolute Gasteiger partial charge is 0.445 e. The number of benzene rings is 2. The monoisotopic (exact) mass is 389 g/mol. The third kappa shape index (κ3) is 3.51. The van der Waals surface area contributed by atoms with Gasteiger partial charge in [0.15, 0.2) is 0 Å². The Bertz CT molecular complexity index is 957. The number of anilines is 1. The summed E-state index contributed by atoms with van der Waals surface area (Å²) in [5.74, 6) is 1.21. The Balaban J connectivity index is 1.32. The van der Waals surface area contributed by atoms with Crippen molar-refractivity contribution in [3.63, 3.8) is 0 Å². The number of nitrogens with zero attached hydrogens (tertiary/aromatic N) is 2. The Morgan fingerprint density at radius 1 is 1.10 bits per heavy atom. The predicted octanol–water partition coefficient (Wildman–Crippen LogP) is 4.38. The fraction of sp³-hybridized carbons (Fsp3) is 0.304. The average molecular weight is 389 g/mol. The zero-order chi connectivity index (χ0) is 19.6. The minimum absolute atomic E-state index is 0.0517. The molecule has 3 heterocycles. The first-order chi connectivity index (χ1) is 14.3. The summed E-state index contributed by atoms with van der Waals surface area (Å²) < 4.78 is 11.1. The minimum atomic E-state index is -0.0517. The number of ether oxygens (including phenoxy) is 1. The van der Waals surface area contributed by atoms with Crippen molar-refractivity contribution in [3.8, 4) is 11.5 Å². The quantitative estimate of drug-likeness (QED) is 0.722. The molecule has 0 aliphatic carbocycles. The van der Waals surface area contributed by atoms with E-state index >= 15 is 0 Å². The van der Waals surface area contributed by atoms with Crippen LogP contribution in [0.1, 0.15) is 17.9 Å². The van der Waals surface area contributed by atoms with Crippen molar-refractivity contribution >= 4 is 11.7 Å². The fourth-order valence-electron chi connectivity index (χ4n) is 4.55. The first-order valence-corrected chi connectivity index (χ1v) is 10.00. The molecule has 0 saturated carbocycles. The van der Waals surface area contributed by atoms with Gasteiger partial charge in [0.1, 0.15) is 6.26 Å². The number of rotatable bonds is 3. The molecular formula is C23H23N3O3. The van der Waals surface area contributed by atoms with Crippen molar-refractivity contribution in [1.82, 2.24) is 9.88 Å². The van der Waals surface area contributed by atoms with E-state index in [9.17, 15) is 4.79 Å². The summed E-state index contributed by atoms with van der Waals surface area (Å²) in [5.41, 5.74) is 2.92. The van der Waals surface area contributed by atoms with Crippen LogP contribution < -0.4 is 5.32 Å². The van der Waals surface area contributed by atoms with Gasteiger partial charge >= 0.3 is 6.03 Å². The molecule has 3 unspecified atom stereocenters. The van der Waals surface area contributed by atoms with Crippen LogP contribution in [-0.4, -0.2) is 41.7 Å². The number of nitrogens with one attached hydrogen (secondary N) is 1. The van der Waals surface area contributed by atoms with E-state index in [2.05, 4.69) is 34.6 Å². The van der Waals surface area contributed by atoms with Gasteiger partial charge in [-0.15, -0.1) is 0 Å². The van der Waals surface area contributed by atoms with Crippen LogP contribution in [0.5, 0.6) is 0 Å². The zero-order valence-electron chi connectivity index (χ0n) is 16.0. The van der Waals surface area contributed by atoms with Crippen LogP contribution in [0.4, 0.5) is 10.5 Å². The number of likely N-dealkylation sites (tertiary alicyclic amines) is 1. The van der Waals surface area contributed by atoms with Crippen LogP contribution in [0.3, 0.4) is 0 Å². The van der Waals surface area contributed by atoms with Gasteiger partial charge in [-0.05, 0) is 36.2 Å². The van der Waals surface area contributed by atoms with Crippen LogP contribution in [0.15, 0.2) is 71.5 Å². The normalized spacial score (nSPS) is 23.6. The van der Waals surface area contributed by atoms with Gasteiger partial charge in [0.05, 0.1) is 12.8 Å². The SMILES string of the molecule is O=C(Nc1ccc(-c2ncco2)cc1)N1CC(c2ccccc2)C2COCCC21. The molecular weight excluding hydrogens is 366 g/mol. The molecule has 3 atom stereocenters. The highest BCUT2D eigenvalue weighted by Crippen LogP contribution is 2.41. The molecule has 2 aliphatic rings. The molecule has 2 amide bonds. The van der Waals surface area contributed by atoms with E-state index in [1.165, 1.54) is 5.56 Å². The van der Waals surface area contributed by atoms with Crippen molar-refractivity contribution in [2.45, 2.75) is 18.4 Å². The van der Waals surface area contributed by atoms with E-state index < -0.39 is 0 Å². The lowest BCUT2D eigenvalue weighted by Crippen LogP contribution is -2.43. The molecule has 1 aromatic heterocycles.